The summed E-state index contributed by atoms with van der Waals surface area (Å²) in [6.07, 6.45) is 0. The summed E-state index contributed by atoms with van der Waals surface area (Å²) in [6.45, 7) is 5.40. The summed E-state index contributed by atoms with van der Waals surface area (Å²) in [7, 11) is -3.61. The maximum Gasteiger partial charge on any atom is 0.241 e. The second-order valence-corrected chi connectivity index (χ2v) is 7.27. The fourth-order valence-corrected chi connectivity index (χ4v) is 4.19. The third kappa shape index (κ3) is 3.17. The number of nitrogen functional groups attached to an aromatic ring is 1. The summed E-state index contributed by atoms with van der Waals surface area (Å²) in [6, 6.07) is 4.47. The van der Waals surface area contributed by atoms with Gasteiger partial charge in [0.25, 0.3) is 0 Å². The molecule has 1 heterocycles. The lowest BCUT2D eigenvalue weighted by atomic mass is 10.2. The molecule has 0 fully saturated rings. The van der Waals surface area contributed by atoms with E-state index in [1.807, 2.05) is 12.3 Å². The molecular weight excluding hydrogens is 294 g/mol. The van der Waals surface area contributed by atoms with E-state index in [-0.39, 0.29) is 10.9 Å². The lowest BCUT2D eigenvalue weighted by molar-refractivity contribution is 0.565. The van der Waals surface area contributed by atoms with Crippen LogP contribution < -0.4 is 10.5 Å². The highest BCUT2D eigenvalue weighted by atomic mass is 32.2. The van der Waals surface area contributed by atoms with E-state index in [1.165, 1.54) is 17.4 Å². The lowest BCUT2D eigenvalue weighted by Crippen LogP contribution is -2.27. The van der Waals surface area contributed by atoms with E-state index in [1.54, 1.807) is 26.0 Å². The van der Waals surface area contributed by atoms with Gasteiger partial charge in [0.2, 0.25) is 10.0 Å². The molecular formula is C13H17N3O2S2. The number of aromatic nitrogens is 1. The number of thiazole rings is 1. The van der Waals surface area contributed by atoms with Crippen LogP contribution in [0.15, 0.2) is 28.5 Å². The summed E-state index contributed by atoms with van der Waals surface area (Å²) in [4.78, 5) is 4.50. The zero-order valence-electron chi connectivity index (χ0n) is 11.5. The second-order valence-electron chi connectivity index (χ2n) is 4.70. The minimum Gasteiger partial charge on any atom is -0.399 e. The van der Waals surface area contributed by atoms with Crippen molar-refractivity contribution in [2.45, 2.75) is 31.7 Å². The molecule has 1 unspecified atom stereocenters. The van der Waals surface area contributed by atoms with Gasteiger partial charge in [-0.1, -0.05) is 6.07 Å². The van der Waals surface area contributed by atoms with Gasteiger partial charge in [0.1, 0.15) is 5.01 Å². The highest BCUT2D eigenvalue weighted by Crippen LogP contribution is 2.23. The maximum absolute atomic E-state index is 12.4. The predicted molar refractivity (Wildman–Crippen MR) is 81.2 cm³/mol. The molecule has 2 aromatic rings. The van der Waals surface area contributed by atoms with E-state index in [9.17, 15) is 8.42 Å². The third-order valence-electron chi connectivity index (χ3n) is 2.84. The second kappa shape index (κ2) is 5.51. The fourth-order valence-electron chi connectivity index (χ4n) is 1.82. The van der Waals surface area contributed by atoms with Crippen molar-refractivity contribution in [2.24, 2.45) is 0 Å². The Hall–Kier alpha value is -1.44. The van der Waals surface area contributed by atoms with Crippen LogP contribution in [0.2, 0.25) is 0 Å². The van der Waals surface area contributed by atoms with Crippen LogP contribution in [0.3, 0.4) is 0 Å². The molecule has 2 rings (SSSR count). The van der Waals surface area contributed by atoms with Crippen molar-refractivity contribution in [3.05, 3.63) is 39.8 Å². The van der Waals surface area contributed by atoms with Crippen LogP contribution in [0.25, 0.3) is 0 Å². The van der Waals surface area contributed by atoms with E-state index < -0.39 is 10.0 Å². The van der Waals surface area contributed by atoms with Crippen molar-refractivity contribution >= 4 is 27.0 Å². The molecule has 1 aromatic heterocycles. The number of nitrogens with zero attached hydrogens (tertiary/aromatic N) is 1. The van der Waals surface area contributed by atoms with Gasteiger partial charge in [0.15, 0.2) is 0 Å². The number of nitrogens with one attached hydrogen (secondary N) is 1. The van der Waals surface area contributed by atoms with Gasteiger partial charge in [0, 0.05) is 16.8 Å². The molecule has 108 valence electrons. The van der Waals surface area contributed by atoms with E-state index in [2.05, 4.69) is 9.71 Å². The molecule has 0 aliphatic rings. The molecule has 1 aromatic carbocycles. The van der Waals surface area contributed by atoms with Crippen molar-refractivity contribution in [2.75, 3.05) is 5.73 Å². The number of aryl methyl sites for hydroxylation is 2. The van der Waals surface area contributed by atoms with Gasteiger partial charge < -0.3 is 5.73 Å². The normalized spacial score (nSPS) is 13.3. The lowest BCUT2D eigenvalue weighted by Gasteiger charge is -2.14. The molecule has 1 atom stereocenters. The molecule has 0 aliphatic carbocycles. The molecule has 5 nitrogen and oxygen atoms in total. The predicted octanol–water partition coefficient (Wildman–Crippen LogP) is 2.38. The monoisotopic (exact) mass is 311 g/mol. The van der Waals surface area contributed by atoms with Crippen molar-refractivity contribution in [3.63, 3.8) is 0 Å². The summed E-state index contributed by atoms with van der Waals surface area (Å²) >= 11 is 1.44. The molecule has 7 heteroatoms. The Morgan fingerprint density at radius 2 is 2.05 bits per heavy atom. The zero-order chi connectivity index (χ0) is 14.9. The first-order valence-corrected chi connectivity index (χ1v) is 8.46. The van der Waals surface area contributed by atoms with E-state index in [0.717, 1.165) is 10.7 Å². The molecule has 0 aliphatic heterocycles. The first-order valence-electron chi connectivity index (χ1n) is 6.10. The largest absolute Gasteiger partial charge is 0.399 e. The number of anilines is 1. The molecule has 0 spiro atoms. The standard InChI is InChI=1S/C13H17N3O2S2/c1-8-4-5-11(14)6-12(8)20(17,18)16-10(3)13-15-9(2)7-19-13/h4-7,10,16H,14H2,1-3H3. The smallest absolute Gasteiger partial charge is 0.241 e. The Morgan fingerprint density at radius 1 is 1.35 bits per heavy atom. The van der Waals surface area contributed by atoms with Crippen molar-refractivity contribution in [1.29, 1.82) is 0 Å². The topological polar surface area (TPSA) is 85.1 Å². The summed E-state index contributed by atoms with van der Waals surface area (Å²) in [5.41, 5.74) is 7.64. The fraction of sp³-hybridized carbons (Fsp3) is 0.308. The van der Waals surface area contributed by atoms with Crippen LogP contribution in [0, 0.1) is 13.8 Å². The quantitative estimate of drug-likeness (QED) is 0.849. The summed E-state index contributed by atoms with van der Waals surface area (Å²) < 4.78 is 27.4. The minimum absolute atomic E-state index is 0.206. The average Bonchev–Trinajstić information content (AvgIpc) is 2.78. The highest BCUT2D eigenvalue weighted by Gasteiger charge is 2.22. The van der Waals surface area contributed by atoms with Gasteiger partial charge in [-0.2, -0.15) is 0 Å². The van der Waals surface area contributed by atoms with Gasteiger partial charge in [-0.05, 0) is 38.5 Å². The van der Waals surface area contributed by atoms with Crippen LogP contribution >= 0.6 is 11.3 Å². The van der Waals surface area contributed by atoms with Crippen LogP contribution in [0.1, 0.15) is 29.2 Å². The number of benzene rings is 1. The summed E-state index contributed by atoms with van der Waals surface area (Å²) in [5, 5.41) is 2.64. The SMILES string of the molecule is Cc1csc(C(C)NS(=O)(=O)c2cc(N)ccc2C)n1. The first kappa shape index (κ1) is 15.0. The molecule has 0 bridgehead atoms. The van der Waals surface area contributed by atoms with Crippen LogP contribution in [-0.4, -0.2) is 13.4 Å². The number of sulfonamides is 1. The molecule has 0 radical (unpaired) electrons. The maximum atomic E-state index is 12.4. The van der Waals surface area contributed by atoms with Crippen molar-refractivity contribution in [3.8, 4) is 0 Å². The Bertz CT molecular complexity index is 723. The number of hydrogen-bond donors (Lipinski definition) is 2. The Kier molecular flexibility index (Phi) is 4.12. The third-order valence-corrected chi connectivity index (χ3v) is 5.67. The van der Waals surface area contributed by atoms with Crippen molar-refractivity contribution < 1.29 is 8.42 Å². The van der Waals surface area contributed by atoms with Gasteiger partial charge in [-0.3, -0.25) is 0 Å². The molecule has 0 amide bonds. The first-order chi connectivity index (χ1) is 9.29. The van der Waals surface area contributed by atoms with Gasteiger partial charge in [-0.25, -0.2) is 18.1 Å². The van der Waals surface area contributed by atoms with Crippen molar-refractivity contribution in [1.82, 2.24) is 9.71 Å². The molecule has 0 saturated carbocycles. The number of rotatable bonds is 4. The Labute approximate surface area is 122 Å². The molecule has 20 heavy (non-hydrogen) atoms. The Balaban J connectivity index is 2.29. The van der Waals surface area contributed by atoms with E-state index in [0.29, 0.717) is 11.3 Å². The van der Waals surface area contributed by atoms with E-state index in [4.69, 9.17) is 5.73 Å². The van der Waals surface area contributed by atoms with Gasteiger partial charge in [0.05, 0.1) is 10.9 Å². The Morgan fingerprint density at radius 3 is 2.65 bits per heavy atom. The number of nitrogens with two attached hydrogens (primary N) is 1. The van der Waals surface area contributed by atoms with E-state index >= 15 is 0 Å². The van der Waals surface area contributed by atoms with Gasteiger partial charge >= 0.3 is 0 Å². The molecule has 0 saturated heterocycles. The minimum atomic E-state index is -3.61. The highest BCUT2D eigenvalue weighted by molar-refractivity contribution is 7.89. The average molecular weight is 311 g/mol. The van der Waals surface area contributed by atoms with Crippen LogP contribution in [0.4, 0.5) is 5.69 Å². The van der Waals surface area contributed by atoms with Gasteiger partial charge in [-0.15, -0.1) is 11.3 Å². The van der Waals surface area contributed by atoms with Crippen LogP contribution in [0.5, 0.6) is 0 Å². The molecule has 3 N–H and O–H groups in total. The zero-order valence-corrected chi connectivity index (χ0v) is 13.2. The summed E-state index contributed by atoms with van der Waals surface area (Å²) in [5.74, 6) is 0. The number of hydrogen-bond acceptors (Lipinski definition) is 5. The van der Waals surface area contributed by atoms with Crippen LogP contribution in [-0.2, 0) is 10.0 Å².